The minimum Gasteiger partial charge on any atom is -0.478 e. The van der Waals surface area contributed by atoms with Crippen LogP contribution < -0.4 is 5.32 Å². The molecule has 1 aromatic carbocycles. The van der Waals surface area contributed by atoms with Crippen molar-refractivity contribution in [1.29, 1.82) is 0 Å². The number of nitrogens with one attached hydrogen (secondary N) is 1. The highest BCUT2D eigenvalue weighted by Crippen LogP contribution is 2.14. The summed E-state index contributed by atoms with van der Waals surface area (Å²) in [7, 11) is 0. The predicted molar refractivity (Wildman–Crippen MR) is 71.7 cm³/mol. The summed E-state index contributed by atoms with van der Waals surface area (Å²) in [5, 5.41) is 11.0. The number of amides is 1. The quantitative estimate of drug-likeness (QED) is 0.607. The highest BCUT2D eigenvalue weighted by Gasteiger charge is 1.98. The van der Waals surface area contributed by atoms with Crippen LogP contribution in [-0.4, -0.2) is 29.8 Å². The molecule has 2 N–H and O–H groups in total. The van der Waals surface area contributed by atoms with Gasteiger partial charge in [-0.2, -0.15) is 0 Å². The van der Waals surface area contributed by atoms with E-state index in [1.165, 1.54) is 4.90 Å². The van der Waals surface area contributed by atoms with Crippen LogP contribution in [0.5, 0.6) is 0 Å². The molecule has 5 heteroatoms. The van der Waals surface area contributed by atoms with E-state index in [1.54, 1.807) is 11.8 Å². The average Bonchev–Trinajstić information content (AvgIpc) is 2.37. The molecule has 1 aromatic rings. The lowest BCUT2D eigenvalue weighted by Crippen LogP contribution is -2.23. The van der Waals surface area contributed by atoms with Gasteiger partial charge < -0.3 is 10.4 Å². The van der Waals surface area contributed by atoms with Crippen LogP contribution in [0.3, 0.4) is 0 Å². The lowest BCUT2D eigenvalue weighted by Gasteiger charge is -2.03. The Morgan fingerprint density at radius 2 is 1.94 bits per heavy atom. The second-order valence-electron chi connectivity index (χ2n) is 3.56. The summed E-state index contributed by atoms with van der Waals surface area (Å²) in [5.74, 6) is -1.52. The van der Waals surface area contributed by atoms with Gasteiger partial charge in [-0.25, -0.2) is 4.79 Å². The lowest BCUT2D eigenvalue weighted by atomic mass is 10.1. The summed E-state index contributed by atoms with van der Waals surface area (Å²) >= 11 is 1.68. The fraction of sp³-hybridized carbons (Fsp3) is 0.231. The molecule has 0 aliphatic carbocycles. The summed E-state index contributed by atoms with van der Waals surface area (Å²) in [6.07, 6.45) is 4.58. The molecule has 0 saturated heterocycles. The number of carbonyl (C=O) groups is 2. The molecule has 0 unspecified atom stereocenters. The van der Waals surface area contributed by atoms with E-state index in [9.17, 15) is 9.59 Å². The topological polar surface area (TPSA) is 66.4 Å². The van der Waals surface area contributed by atoms with Crippen molar-refractivity contribution in [3.05, 3.63) is 42.0 Å². The summed E-state index contributed by atoms with van der Waals surface area (Å²) in [4.78, 5) is 22.6. The smallest absolute Gasteiger partial charge is 0.328 e. The Bertz CT molecular complexity index is 440. The Kier molecular flexibility index (Phi) is 6.00. The van der Waals surface area contributed by atoms with Crippen molar-refractivity contribution in [3.63, 3.8) is 0 Å². The number of benzene rings is 1. The molecule has 0 bridgehead atoms. The van der Waals surface area contributed by atoms with Crippen LogP contribution in [-0.2, 0) is 16.0 Å². The van der Waals surface area contributed by atoms with E-state index >= 15 is 0 Å². The van der Waals surface area contributed by atoms with Crippen LogP contribution in [0, 0.1) is 0 Å². The monoisotopic (exact) mass is 265 g/mol. The van der Waals surface area contributed by atoms with E-state index < -0.39 is 11.9 Å². The Morgan fingerprint density at radius 1 is 1.28 bits per heavy atom. The Balaban J connectivity index is 2.32. The van der Waals surface area contributed by atoms with Gasteiger partial charge in [-0.3, -0.25) is 4.79 Å². The van der Waals surface area contributed by atoms with Crippen LogP contribution in [0.4, 0.5) is 0 Å². The first-order valence-corrected chi connectivity index (χ1v) is 6.66. The number of carboxylic acid groups (broad SMARTS) is 1. The third kappa shape index (κ3) is 5.54. The first-order valence-electron chi connectivity index (χ1n) is 5.43. The van der Waals surface area contributed by atoms with Crippen LogP contribution in [0.15, 0.2) is 41.3 Å². The van der Waals surface area contributed by atoms with Gasteiger partial charge in [0.1, 0.15) is 0 Å². The fourth-order valence-electron chi connectivity index (χ4n) is 1.33. The van der Waals surface area contributed by atoms with Crippen LogP contribution in [0.1, 0.15) is 5.56 Å². The highest BCUT2D eigenvalue weighted by atomic mass is 32.2. The molecule has 1 rings (SSSR count). The molecule has 0 heterocycles. The van der Waals surface area contributed by atoms with Crippen molar-refractivity contribution in [2.75, 3.05) is 12.8 Å². The first-order chi connectivity index (χ1) is 8.61. The summed E-state index contributed by atoms with van der Waals surface area (Å²) < 4.78 is 0. The Morgan fingerprint density at radius 3 is 2.50 bits per heavy atom. The Hall–Kier alpha value is -1.75. The zero-order chi connectivity index (χ0) is 13.4. The molecule has 0 aliphatic rings. The summed E-state index contributed by atoms with van der Waals surface area (Å²) in [6.45, 7) is 0.488. The van der Waals surface area contributed by atoms with Gasteiger partial charge in [-0.1, -0.05) is 12.1 Å². The number of carbonyl (C=O) groups excluding carboxylic acids is 1. The molecule has 0 aliphatic heterocycles. The molecule has 0 atom stereocenters. The van der Waals surface area contributed by atoms with Gasteiger partial charge >= 0.3 is 5.97 Å². The van der Waals surface area contributed by atoms with Crippen LogP contribution >= 0.6 is 11.8 Å². The summed E-state index contributed by atoms with van der Waals surface area (Å²) in [5.41, 5.74) is 1.13. The minimum atomic E-state index is -1.13. The minimum absolute atomic E-state index is 0.391. The van der Waals surface area contributed by atoms with Crippen molar-refractivity contribution in [3.8, 4) is 0 Å². The second-order valence-corrected chi connectivity index (χ2v) is 4.44. The fourth-order valence-corrected chi connectivity index (χ4v) is 1.74. The largest absolute Gasteiger partial charge is 0.478 e. The van der Waals surface area contributed by atoms with Gasteiger partial charge in [0.2, 0.25) is 5.91 Å². The van der Waals surface area contributed by atoms with Gasteiger partial charge in [0.15, 0.2) is 0 Å². The van der Waals surface area contributed by atoms with Gasteiger partial charge in [-0.15, -0.1) is 11.8 Å². The standard InChI is InChI=1S/C13H15NO3S/c1-18-11-4-2-10(3-5-11)8-9-14-12(15)6-7-13(16)17/h2-7H,8-9H2,1H3,(H,14,15)(H,16,17)/b7-6+. The zero-order valence-corrected chi connectivity index (χ0v) is 10.9. The van der Waals surface area contributed by atoms with Crippen LogP contribution in [0.2, 0.25) is 0 Å². The molecule has 4 nitrogen and oxygen atoms in total. The van der Waals surface area contributed by atoms with Gasteiger partial charge in [0.05, 0.1) is 0 Å². The van der Waals surface area contributed by atoms with Crippen LogP contribution in [0.25, 0.3) is 0 Å². The van der Waals surface area contributed by atoms with E-state index in [2.05, 4.69) is 5.32 Å². The molecule has 0 saturated carbocycles. The Labute approximate surface area is 110 Å². The van der Waals surface area contributed by atoms with E-state index in [1.807, 2.05) is 30.5 Å². The number of thioether (sulfide) groups is 1. The summed E-state index contributed by atoms with van der Waals surface area (Å²) in [6, 6.07) is 8.11. The predicted octanol–water partition coefficient (Wildman–Crippen LogP) is 1.71. The lowest BCUT2D eigenvalue weighted by molar-refractivity contribution is -0.131. The molecule has 0 aromatic heterocycles. The first kappa shape index (κ1) is 14.3. The maximum atomic E-state index is 11.2. The second kappa shape index (κ2) is 7.55. The molecule has 0 radical (unpaired) electrons. The zero-order valence-electron chi connectivity index (χ0n) is 10.1. The van der Waals surface area contributed by atoms with Crippen molar-refractivity contribution in [2.24, 2.45) is 0 Å². The maximum absolute atomic E-state index is 11.2. The van der Waals surface area contributed by atoms with E-state index in [-0.39, 0.29) is 0 Å². The molecule has 1 amide bonds. The maximum Gasteiger partial charge on any atom is 0.328 e. The molecule has 96 valence electrons. The third-order valence-corrected chi connectivity index (χ3v) is 2.99. The number of aliphatic carboxylic acids is 1. The molecule has 0 spiro atoms. The highest BCUT2D eigenvalue weighted by molar-refractivity contribution is 7.98. The SMILES string of the molecule is CSc1ccc(CCNC(=O)/C=C/C(=O)O)cc1. The molecular weight excluding hydrogens is 250 g/mol. The van der Waals surface area contributed by atoms with Crippen molar-refractivity contribution in [1.82, 2.24) is 5.32 Å². The molecular formula is C13H15NO3S. The molecule has 0 fully saturated rings. The van der Waals surface area contributed by atoms with E-state index in [0.717, 1.165) is 24.1 Å². The van der Waals surface area contributed by atoms with E-state index in [4.69, 9.17) is 5.11 Å². The normalized spacial score (nSPS) is 10.5. The van der Waals surface area contributed by atoms with E-state index in [0.29, 0.717) is 6.54 Å². The number of carboxylic acids is 1. The third-order valence-electron chi connectivity index (χ3n) is 2.25. The number of rotatable bonds is 6. The van der Waals surface area contributed by atoms with Gasteiger partial charge in [0, 0.05) is 23.6 Å². The number of hydrogen-bond donors (Lipinski definition) is 2. The van der Waals surface area contributed by atoms with Gasteiger partial charge in [-0.05, 0) is 30.4 Å². The van der Waals surface area contributed by atoms with Crippen molar-refractivity contribution in [2.45, 2.75) is 11.3 Å². The van der Waals surface area contributed by atoms with Crippen molar-refractivity contribution < 1.29 is 14.7 Å². The van der Waals surface area contributed by atoms with Crippen molar-refractivity contribution >= 4 is 23.6 Å². The number of hydrogen-bond acceptors (Lipinski definition) is 3. The average molecular weight is 265 g/mol. The molecule has 18 heavy (non-hydrogen) atoms. The van der Waals surface area contributed by atoms with Gasteiger partial charge in [0.25, 0.3) is 0 Å².